The molecule has 34 heteroatoms. The number of amides is 3. The number of nitrogens with two attached hydrogens (primary N) is 3. The maximum Gasteiger partial charge on any atom is 0.505 e. The highest BCUT2D eigenvalue weighted by Gasteiger charge is 2.26. The fourth-order valence-corrected chi connectivity index (χ4v) is 7.84. The number of Topliss-reactive ketones (excluding diaryl/α,β-unsaturated/α-hetero) is 3. The zero-order valence-corrected chi connectivity index (χ0v) is 48.8. The number of ketones is 3. The molecule has 0 aliphatic rings. The van der Waals surface area contributed by atoms with Crippen LogP contribution in [0.3, 0.4) is 0 Å². The lowest BCUT2D eigenvalue weighted by Gasteiger charge is -2.20. The molecular formula is C50H70N12O20S2. The fraction of sp³-hybridized carbons (Fsp3) is 0.500. The van der Waals surface area contributed by atoms with Crippen LogP contribution in [0.25, 0.3) is 11.2 Å². The minimum atomic E-state index is -1.30. The third-order valence-corrected chi connectivity index (χ3v) is 11.8. The van der Waals surface area contributed by atoms with Crippen LogP contribution in [-0.2, 0) is 83.2 Å². The summed E-state index contributed by atoms with van der Waals surface area (Å²) < 4.78 is 4.39. The highest BCUT2D eigenvalue weighted by atomic mass is 33.1. The lowest BCUT2D eigenvalue weighted by Crippen LogP contribution is -2.44. The molecule has 3 aromatic rings. The van der Waals surface area contributed by atoms with Gasteiger partial charge in [0.25, 0.3) is 11.5 Å². The summed E-state index contributed by atoms with van der Waals surface area (Å²) in [6.45, 7) is 12.1. The zero-order valence-electron chi connectivity index (χ0n) is 47.1. The number of carboxylic acid groups (broad SMARTS) is 1. The van der Waals surface area contributed by atoms with Gasteiger partial charge in [0.05, 0.1) is 24.0 Å². The fourth-order valence-electron chi connectivity index (χ4n) is 5.93. The number of hydrogen-bond donors (Lipinski definition) is 9. The van der Waals surface area contributed by atoms with Crippen LogP contribution >= 0.6 is 21.6 Å². The molecule has 3 amide bonds. The number of fused-ring (bicyclic) bond motifs is 1. The lowest BCUT2D eigenvalue weighted by atomic mass is 9.96. The van der Waals surface area contributed by atoms with Crippen LogP contribution in [-0.4, -0.2) is 153 Å². The number of aliphatic imine (C=N–C) groups is 1. The Morgan fingerprint density at radius 1 is 0.774 bits per heavy atom. The predicted molar refractivity (Wildman–Crippen MR) is 294 cm³/mol. The molecule has 3 rings (SSSR count). The Kier molecular flexibility index (Phi) is 55.4. The summed E-state index contributed by atoms with van der Waals surface area (Å²) in [5, 5.41) is 19.4. The molecule has 0 fully saturated rings. The maximum atomic E-state index is 12.7. The molecule has 3 unspecified atom stereocenters. The quantitative estimate of drug-likeness (QED) is 0.0155. The van der Waals surface area contributed by atoms with E-state index >= 15 is 0 Å². The Hall–Kier alpha value is -9.24. The van der Waals surface area contributed by atoms with Gasteiger partial charge in [-0.25, -0.2) is 14.8 Å². The van der Waals surface area contributed by atoms with E-state index in [4.69, 9.17) is 70.3 Å². The third-order valence-electron chi connectivity index (χ3n) is 9.35. The number of aryl methyl sites for hydroxylation is 1. The summed E-state index contributed by atoms with van der Waals surface area (Å²) >= 11 is 0. The number of nitrogens with zero attached hydrogens (tertiary/aromatic N) is 4. The molecule has 0 bridgehead atoms. The number of nitrogens with one attached hydrogen (secondary N) is 5. The molecule has 84 heavy (non-hydrogen) atoms. The Balaban J connectivity index is -0.000000353. The van der Waals surface area contributed by atoms with Gasteiger partial charge in [-0.2, -0.15) is 52.9 Å². The van der Waals surface area contributed by atoms with E-state index in [2.05, 4.69) is 50.9 Å². The number of carbonyl (C=O) groups is 7. The number of carbonyl (C=O) groups excluding carboxylic acids is 16. The first kappa shape index (κ1) is 83.6. The van der Waals surface area contributed by atoms with Gasteiger partial charge in [-0.15, -0.1) is 0 Å². The number of aromatic amines is 1. The summed E-state index contributed by atoms with van der Waals surface area (Å²) in [6.07, 6.45) is 5.03. The zero-order chi connectivity index (χ0) is 65.4. The van der Waals surface area contributed by atoms with E-state index in [0.29, 0.717) is 86.8 Å². The Labute approximate surface area is 489 Å². The van der Waals surface area contributed by atoms with Gasteiger partial charge in [0.2, 0.25) is 17.8 Å². The van der Waals surface area contributed by atoms with Gasteiger partial charge in [-0.1, -0.05) is 60.1 Å². The molecule has 2 aromatic heterocycles. The minimum absolute atomic E-state index is 0.0446. The van der Waals surface area contributed by atoms with Gasteiger partial charge in [0.1, 0.15) is 12.4 Å². The molecule has 32 nitrogen and oxygen atoms in total. The monoisotopic (exact) mass is 1220 g/mol. The number of ether oxygens (including phenoxy) is 1. The summed E-state index contributed by atoms with van der Waals surface area (Å²) in [5.41, 5.74) is 18.5. The second-order valence-electron chi connectivity index (χ2n) is 16.6. The minimum Gasteiger partial charge on any atom is -0.450 e. The summed E-state index contributed by atoms with van der Waals surface area (Å²) in [7, 11) is 4.77. The van der Waals surface area contributed by atoms with Crippen LogP contribution in [0, 0.1) is 18.8 Å². The SMILES string of the molecule is CC(=O)NC(CCCN=C(N)N)C(=O)CC(C)C(=O)NC(C)C(=O)CCCSSCCOC(=O)O.CNCc1cnc2nc(N)[nH]c(=O)c2n1.Cc1ccc(C(=O)NCCCC(=O)CC(C)C)cc1.O=C=O.O=C=O.O=C=O.O=C=O.O=C=O. The standard InChI is InChI=1S/C21H37N5O7S2.C16H23NO2.C8H10N6O.5CO2/c1-13(12-18(29)16(26-15(3)27)6-4-8-24-20(22)23)19(30)25-14(2)17(28)7-5-10-34-35-11-9-33-21(31)32;1-12(2)11-15(18)5-4-10-17-16(19)14-8-6-13(3)7-9-14;1-10-2-4-3-11-6-5(12-4)7(15)14-8(9)13-6;5*2-1-3/h13-14,16H,4-12H2,1-3H3,(H,25,30)(H,26,27)(H,31,32)(H4,22,23,24);6-9,12H,4-5,10-11H2,1-3H3,(H,17,19);3,10H,2H2,1H3,(H3,9,11,13,14,15);;;;;. The van der Waals surface area contributed by atoms with Gasteiger partial charge in [-0.05, 0) is 64.6 Å². The number of rotatable bonds is 28. The van der Waals surface area contributed by atoms with Crippen molar-refractivity contribution in [1.29, 1.82) is 0 Å². The first-order chi connectivity index (χ1) is 39.7. The van der Waals surface area contributed by atoms with E-state index in [1.807, 2.05) is 45.0 Å². The Bertz CT molecular complexity index is 2640. The van der Waals surface area contributed by atoms with Crippen LogP contribution in [0.5, 0.6) is 0 Å². The average molecular weight is 1220 g/mol. The molecule has 0 saturated heterocycles. The number of guanidine groups is 1. The Morgan fingerprint density at radius 2 is 1.33 bits per heavy atom. The lowest BCUT2D eigenvalue weighted by molar-refractivity contribution is -0.193. The van der Waals surface area contributed by atoms with Crippen LogP contribution in [0.15, 0.2) is 40.2 Å². The number of H-pyrrole nitrogens is 1. The van der Waals surface area contributed by atoms with Gasteiger partial charge >= 0.3 is 36.9 Å². The topological polar surface area (TPSA) is 530 Å². The average Bonchev–Trinajstić information content (AvgIpc) is 3.61. The first-order valence-corrected chi connectivity index (χ1v) is 27.0. The molecule has 3 atom stereocenters. The van der Waals surface area contributed by atoms with Gasteiger partial charge in [-0.3, -0.25) is 43.5 Å². The molecule has 0 radical (unpaired) electrons. The molecule has 12 N–H and O–H groups in total. The predicted octanol–water partition coefficient (Wildman–Crippen LogP) is 0.287. The Morgan fingerprint density at radius 3 is 1.85 bits per heavy atom. The molecule has 462 valence electrons. The van der Waals surface area contributed by atoms with E-state index in [-0.39, 0.29) is 108 Å². The molecule has 0 spiro atoms. The van der Waals surface area contributed by atoms with Crippen molar-refractivity contribution >= 4 is 117 Å². The van der Waals surface area contributed by atoms with E-state index in [9.17, 15) is 38.4 Å². The van der Waals surface area contributed by atoms with Crippen molar-refractivity contribution in [2.45, 2.75) is 112 Å². The van der Waals surface area contributed by atoms with Crippen molar-refractivity contribution in [2.75, 3.05) is 44.0 Å². The van der Waals surface area contributed by atoms with Gasteiger partial charge in [0, 0.05) is 75.2 Å². The van der Waals surface area contributed by atoms with Crippen molar-refractivity contribution in [3.63, 3.8) is 0 Å². The van der Waals surface area contributed by atoms with E-state index < -0.39 is 30.1 Å². The summed E-state index contributed by atoms with van der Waals surface area (Å²) in [6, 6.07) is 6.03. The van der Waals surface area contributed by atoms with Crippen LogP contribution in [0.2, 0.25) is 0 Å². The summed E-state index contributed by atoms with van der Waals surface area (Å²) in [5.74, 6) is -0.0170. The maximum absolute atomic E-state index is 12.7. The van der Waals surface area contributed by atoms with Gasteiger partial charge < -0.3 is 48.3 Å². The second kappa shape index (κ2) is 55.7. The van der Waals surface area contributed by atoms with Crippen molar-refractivity contribution in [2.24, 2.45) is 28.3 Å². The molecule has 0 aliphatic heterocycles. The molecule has 2 heterocycles. The number of anilines is 1. The first-order valence-electron chi connectivity index (χ1n) is 24.5. The van der Waals surface area contributed by atoms with Crippen molar-refractivity contribution < 1.29 is 91.4 Å². The smallest absolute Gasteiger partial charge is 0.450 e. The normalized spacial score (nSPS) is 10.2. The van der Waals surface area contributed by atoms with Crippen LogP contribution in [0.1, 0.15) is 108 Å². The molecule has 0 aliphatic carbocycles. The molecular weight excluding hydrogens is 1150 g/mol. The highest BCUT2D eigenvalue weighted by Crippen LogP contribution is 2.22. The number of benzene rings is 1. The third kappa shape index (κ3) is 50.9. The second-order valence-corrected chi connectivity index (χ2v) is 19.3. The number of nitrogen functional groups attached to an aromatic ring is 1. The number of aromatic nitrogens is 4. The van der Waals surface area contributed by atoms with Crippen molar-refractivity contribution in [3.8, 4) is 0 Å². The van der Waals surface area contributed by atoms with Gasteiger partial charge in [0.15, 0.2) is 28.7 Å². The molecule has 0 saturated carbocycles. The van der Waals surface area contributed by atoms with Crippen molar-refractivity contribution in [3.05, 3.63) is 57.6 Å². The molecule has 1 aromatic carbocycles. The van der Waals surface area contributed by atoms with Crippen LogP contribution in [0.4, 0.5) is 10.7 Å². The van der Waals surface area contributed by atoms with E-state index in [1.165, 1.54) is 28.5 Å². The van der Waals surface area contributed by atoms with Crippen LogP contribution < -0.4 is 44.0 Å². The van der Waals surface area contributed by atoms with E-state index in [0.717, 1.165) is 5.56 Å². The van der Waals surface area contributed by atoms with Crippen molar-refractivity contribution in [1.82, 2.24) is 41.2 Å². The number of hydrogen-bond acceptors (Lipinski definition) is 27. The summed E-state index contributed by atoms with van der Waals surface area (Å²) in [4.78, 5) is 193. The van der Waals surface area contributed by atoms with E-state index in [1.54, 1.807) is 27.1 Å². The highest BCUT2D eigenvalue weighted by molar-refractivity contribution is 8.76. The largest absolute Gasteiger partial charge is 0.505 e.